The molecular formula is C26H36FN3O2. The smallest absolute Gasteiger partial charge is 0.227 e. The lowest BCUT2D eigenvalue weighted by molar-refractivity contribution is -0.131. The van der Waals surface area contributed by atoms with Gasteiger partial charge in [-0.3, -0.25) is 9.69 Å². The molecule has 1 saturated heterocycles. The summed E-state index contributed by atoms with van der Waals surface area (Å²) in [4.78, 5) is 19.7. The van der Waals surface area contributed by atoms with E-state index in [0.29, 0.717) is 12.5 Å². The fourth-order valence-electron chi connectivity index (χ4n) is 4.40. The summed E-state index contributed by atoms with van der Waals surface area (Å²) in [6.07, 6.45) is 2.48. The first-order valence-electron chi connectivity index (χ1n) is 11.5. The van der Waals surface area contributed by atoms with E-state index in [2.05, 4.69) is 15.9 Å². The molecule has 1 unspecified atom stereocenters. The summed E-state index contributed by atoms with van der Waals surface area (Å²) in [5.41, 5.74) is 1.92. The van der Waals surface area contributed by atoms with Crippen LogP contribution in [0.1, 0.15) is 24.0 Å². The minimum atomic E-state index is -0.297. The van der Waals surface area contributed by atoms with Crippen molar-refractivity contribution in [1.82, 2.24) is 14.7 Å². The molecule has 0 bridgehead atoms. The summed E-state index contributed by atoms with van der Waals surface area (Å²) in [6, 6.07) is 14.5. The van der Waals surface area contributed by atoms with Gasteiger partial charge in [0.2, 0.25) is 5.91 Å². The number of likely N-dealkylation sites (N-methyl/N-ethyl adjacent to an activating group) is 1. The van der Waals surface area contributed by atoms with Crippen LogP contribution in [0.5, 0.6) is 5.75 Å². The predicted octanol–water partition coefficient (Wildman–Crippen LogP) is 3.68. The first kappa shape index (κ1) is 24.2. The Hall–Kier alpha value is -2.44. The molecule has 1 aliphatic heterocycles. The minimum Gasteiger partial charge on any atom is -0.496 e. The van der Waals surface area contributed by atoms with Crippen molar-refractivity contribution in [1.29, 1.82) is 0 Å². The molecule has 2 aromatic rings. The van der Waals surface area contributed by atoms with Gasteiger partial charge in [0, 0.05) is 38.3 Å². The zero-order valence-corrected chi connectivity index (χ0v) is 19.6. The number of carbonyl (C=O) groups excluding carboxylic acids is 1. The van der Waals surface area contributed by atoms with Crippen molar-refractivity contribution in [3.63, 3.8) is 0 Å². The summed E-state index contributed by atoms with van der Waals surface area (Å²) in [5, 5.41) is 0. The molecular weight excluding hydrogens is 405 g/mol. The molecule has 0 spiro atoms. The van der Waals surface area contributed by atoms with E-state index < -0.39 is 0 Å². The number of likely N-dealkylation sites (tertiary alicyclic amines) is 1. The van der Waals surface area contributed by atoms with Crippen molar-refractivity contribution in [3.05, 3.63) is 65.5 Å². The van der Waals surface area contributed by atoms with Gasteiger partial charge in [0.05, 0.1) is 13.5 Å². The molecule has 174 valence electrons. The molecule has 0 aromatic heterocycles. The van der Waals surface area contributed by atoms with Gasteiger partial charge in [0.1, 0.15) is 11.6 Å². The molecule has 1 heterocycles. The molecule has 0 saturated carbocycles. The lowest BCUT2D eigenvalue weighted by Gasteiger charge is -2.36. The third kappa shape index (κ3) is 7.31. The Bertz CT molecular complexity index is 874. The highest BCUT2D eigenvalue weighted by Gasteiger charge is 2.25. The fraction of sp³-hybridized carbons (Fsp3) is 0.500. The van der Waals surface area contributed by atoms with Crippen molar-refractivity contribution in [2.45, 2.75) is 25.8 Å². The largest absolute Gasteiger partial charge is 0.496 e. The molecule has 6 heteroatoms. The van der Waals surface area contributed by atoms with Crippen LogP contribution in [0.2, 0.25) is 0 Å². The number of hydrogen-bond acceptors (Lipinski definition) is 4. The van der Waals surface area contributed by atoms with Crippen molar-refractivity contribution in [3.8, 4) is 5.75 Å². The standard InChI is InChI=1S/C26H36FN3O2/c1-28(2)14-15-30(26(31)17-21-8-6-11-24(27)16-21)19-22-9-7-13-29(18-22)20-23-10-4-5-12-25(23)32-3/h4-6,8,10-12,16,22H,7,9,13-15,17-20H2,1-3H3. The number of nitrogens with zero attached hydrogens (tertiary/aromatic N) is 3. The summed E-state index contributed by atoms with van der Waals surface area (Å²) in [5.74, 6) is 1.12. The van der Waals surface area contributed by atoms with Crippen molar-refractivity contribution < 1.29 is 13.9 Å². The van der Waals surface area contributed by atoms with Crippen molar-refractivity contribution in [2.24, 2.45) is 5.92 Å². The number of piperidine rings is 1. The molecule has 32 heavy (non-hydrogen) atoms. The highest BCUT2D eigenvalue weighted by atomic mass is 19.1. The maximum absolute atomic E-state index is 13.6. The Kier molecular flexibility index (Phi) is 9.06. The van der Waals surface area contributed by atoms with E-state index in [4.69, 9.17) is 4.74 Å². The lowest BCUT2D eigenvalue weighted by atomic mass is 9.96. The number of benzene rings is 2. The first-order valence-corrected chi connectivity index (χ1v) is 11.5. The van der Waals surface area contributed by atoms with Crippen LogP contribution in [0.25, 0.3) is 0 Å². The summed E-state index contributed by atoms with van der Waals surface area (Å²) in [6.45, 7) is 5.11. The van der Waals surface area contributed by atoms with Crippen LogP contribution >= 0.6 is 0 Å². The van der Waals surface area contributed by atoms with Gasteiger partial charge >= 0.3 is 0 Å². The van der Waals surface area contributed by atoms with E-state index in [1.165, 1.54) is 17.7 Å². The lowest BCUT2D eigenvalue weighted by Crippen LogP contribution is -2.45. The number of halogens is 1. The number of para-hydroxylation sites is 1. The maximum atomic E-state index is 13.6. The summed E-state index contributed by atoms with van der Waals surface area (Å²) >= 11 is 0. The normalized spacial score (nSPS) is 16.8. The van der Waals surface area contributed by atoms with E-state index in [1.807, 2.05) is 43.3 Å². The highest BCUT2D eigenvalue weighted by Crippen LogP contribution is 2.24. The fourth-order valence-corrected chi connectivity index (χ4v) is 4.40. The van der Waals surface area contributed by atoms with Gasteiger partial charge < -0.3 is 14.5 Å². The third-order valence-corrected chi connectivity index (χ3v) is 6.08. The number of amides is 1. The second-order valence-electron chi connectivity index (χ2n) is 9.00. The number of rotatable bonds is 10. The van der Waals surface area contributed by atoms with Crippen LogP contribution in [0, 0.1) is 11.7 Å². The van der Waals surface area contributed by atoms with E-state index in [1.54, 1.807) is 13.2 Å². The molecule has 1 atom stereocenters. The van der Waals surface area contributed by atoms with Gasteiger partial charge in [-0.2, -0.15) is 0 Å². The number of ether oxygens (including phenoxy) is 1. The van der Waals surface area contributed by atoms with Gasteiger partial charge in [0.25, 0.3) is 0 Å². The number of hydrogen-bond donors (Lipinski definition) is 0. The number of carbonyl (C=O) groups is 1. The Morgan fingerprint density at radius 3 is 2.72 bits per heavy atom. The third-order valence-electron chi connectivity index (χ3n) is 6.08. The summed E-state index contributed by atoms with van der Waals surface area (Å²) < 4.78 is 19.1. The Balaban J connectivity index is 1.63. The van der Waals surface area contributed by atoms with Crippen LogP contribution in [0.3, 0.4) is 0 Å². The first-order chi connectivity index (χ1) is 15.4. The van der Waals surface area contributed by atoms with E-state index in [0.717, 1.165) is 56.9 Å². The zero-order chi connectivity index (χ0) is 22.9. The molecule has 1 fully saturated rings. The molecule has 3 rings (SSSR count). The van der Waals surface area contributed by atoms with Crippen LogP contribution in [0.15, 0.2) is 48.5 Å². The van der Waals surface area contributed by atoms with E-state index in [-0.39, 0.29) is 18.1 Å². The van der Waals surface area contributed by atoms with Crippen LogP contribution in [-0.4, -0.2) is 74.5 Å². The molecule has 0 N–H and O–H groups in total. The molecule has 2 aromatic carbocycles. The Morgan fingerprint density at radius 2 is 1.97 bits per heavy atom. The second-order valence-corrected chi connectivity index (χ2v) is 9.00. The van der Waals surface area contributed by atoms with Crippen LogP contribution in [-0.2, 0) is 17.8 Å². The van der Waals surface area contributed by atoms with Crippen molar-refractivity contribution >= 4 is 5.91 Å². The van der Waals surface area contributed by atoms with Gasteiger partial charge in [-0.1, -0.05) is 30.3 Å². The average molecular weight is 442 g/mol. The van der Waals surface area contributed by atoms with Gasteiger partial charge in [-0.05, 0) is 63.2 Å². The van der Waals surface area contributed by atoms with Gasteiger partial charge in [-0.25, -0.2) is 4.39 Å². The molecule has 5 nitrogen and oxygen atoms in total. The predicted molar refractivity (Wildman–Crippen MR) is 126 cm³/mol. The van der Waals surface area contributed by atoms with E-state index >= 15 is 0 Å². The SMILES string of the molecule is COc1ccccc1CN1CCCC(CN(CCN(C)C)C(=O)Cc2cccc(F)c2)C1. The average Bonchev–Trinajstić information content (AvgIpc) is 2.77. The van der Waals surface area contributed by atoms with Crippen LogP contribution < -0.4 is 4.74 Å². The van der Waals surface area contributed by atoms with E-state index in [9.17, 15) is 9.18 Å². The monoisotopic (exact) mass is 441 g/mol. The van der Waals surface area contributed by atoms with Crippen molar-refractivity contribution in [2.75, 3.05) is 53.9 Å². The van der Waals surface area contributed by atoms with Gasteiger partial charge in [-0.15, -0.1) is 0 Å². The van der Waals surface area contributed by atoms with Gasteiger partial charge in [0.15, 0.2) is 0 Å². The Labute approximate surface area is 191 Å². The zero-order valence-electron chi connectivity index (χ0n) is 19.6. The molecule has 1 aliphatic rings. The maximum Gasteiger partial charge on any atom is 0.227 e. The summed E-state index contributed by atoms with van der Waals surface area (Å²) in [7, 11) is 5.75. The Morgan fingerprint density at radius 1 is 1.16 bits per heavy atom. The molecule has 0 aliphatic carbocycles. The molecule has 1 amide bonds. The highest BCUT2D eigenvalue weighted by molar-refractivity contribution is 5.78. The quantitative estimate of drug-likeness (QED) is 0.564. The number of methoxy groups -OCH3 is 1. The molecule has 0 radical (unpaired) electrons. The minimum absolute atomic E-state index is 0.0688. The topological polar surface area (TPSA) is 36.0 Å². The second kappa shape index (κ2) is 12.0. The van der Waals surface area contributed by atoms with Crippen LogP contribution in [0.4, 0.5) is 4.39 Å².